The number of nitrogens with zero attached hydrogens (tertiary/aromatic N) is 1. The van der Waals surface area contributed by atoms with Crippen molar-refractivity contribution in [3.05, 3.63) is 0 Å². The van der Waals surface area contributed by atoms with E-state index in [1.807, 2.05) is 0 Å². The molecule has 1 aliphatic carbocycles. The molecule has 4 atom stereocenters. The Morgan fingerprint density at radius 3 is 2.45 bits per heavy atom. The summed E-state index contributed by atoms with van der Waals surface area (Å²) in [5, 5.41) is 0. The van der Waals surface area contributed by atoms with Gasteiger partial charge in [0.15, 0.2) is 0 Å². The summed E-state index contributed by atoms with van der Waals surface area (Å²) in [6, 6.07) is -0.354. The van der Waals surface area contributed by atoms with Crippen molar-refractivity contribution >= 4 is 0 Å². The average molecular weight is 291 g/mol. The Morgan fingerprint density at radius 2 is 1.90 bits per heavy atom. The Labute approximate surface area is 118 Å². The van der Waals surface area contributed by atoms with Crippen molar-refractivity contribution in [3.8, 4) is 0 Å². The molecule has 5 heteroatoms. The first-order chi connectivity index (χ1) is 9.17. The highest BCUT2D eigenvalue weighted by Crippen LogP contribution is 2.53. The fraction of sp³-hybridized carbons (Fsp3) is 1.00. The van der Waals surface area contributed by atoms with Gasteiger partial charge in [0.1, 0.15) is 12.3 Å². The zero-order valence-electron chi connectivity index (χ0n) is 12.5. The van der Waals surface area contributed by atoms with Crippen LogP contribution in [0, 0.1) is 5.41 Å². The summed E-state index contributed by atoms with van der Waals surface area (Å²) in [6.07, 6.45) is 0.392. The van der Waals surface area contributed by atoms with E-state index < -0.39 is 18.2 Å². The molecule has 2 aliphatic heterocycles. The highest BCUT2D eigenvalue weighted by molar-refractivity contribution is 5.13. The standard InChI is InChI=1S/C15H24F3NO/c1-13(2,3)14-5-4-6-19(14)11(10(16)7-14)9-20-12-8-15(12,17)18/h10-12H,4-9H2,1-3H3. The first-order valence-electron chi connectivity index (χ1n) is 7.58. The molecule has 116 valence electrons. The van der Waals surface area contributed by atoms with Gasteiger partial charge < -0.3 is 4.74 Å². The highest BCUT2D eigenvalue weighted by Gasteiger charge is 2.61. The molecule has 0 amide bonds. The van der Waals surface area contributed by atoms with E-state index in [4.69, 9.17) is 4.74 Å². The van der Waals surface area contributed by atoms with Crippen LogP contribution in [0.3, 0.4) is 0 Å². The Morgan fingerprint density at radius 1 is 1.25 bits per heavy atom. The van der Waals surface area contributed by atoms with E-state index >= 15 is 0 Å². The molecule has 3 fully saturated rings. The molecular weight excluding hydrogens is 267 g/mol. The summed E-state index contributed by atoms with van der Waals surface area (Å²) in [7, 11) is 0. The van der Waals surface area contributed by atoms with E-state index in [2.05, 4.69) is 25.7 Å². The molecule has 1 saturated carbocycles. The Kier molecular flexibility index (Phi) is 3.19. The van der Waals surface area contributed by atoms with E-state index in [0.29, 0.717) is 6.42 Å². The fourth-order valence-corrected chi connectivity index (χ4v) is 4.15. The van der Waals surface area contributed by atoms with Gasteiger partial charge in [-0.3, -0.25) is 4.90 Å². The predicted molar refractivity (Wildman–Crippen MR) is 70.7 cm³/mol. The number of halogens is 3. The van der Waals surface area contributed by atoms with E-state index in [9.17, 15) is 13.2 Å². The lowest BCUT2D eigenvalue weighted by molar-refractivity contribution is -0.0286. The van der Waals surface area contributed by atoms with Gasteiger partial charge in [0.25, 0.3) is 5.92 Å². The maximum atomic E-state index is 14.4. The molecule has 4 unspecified atom stereocenters. The summed E-state index contributed by atoms with van der Waals surface area (Å²) in [4.78, 5) is 2.21. The zero-order valence-corrected chi connectivity index (χ0v) is 12.5. The number of rotatable bonds is 3. The molecule has 0 aromatic rings. The molecule has 0 N–H and O–H groups in total. The monoisotopic (exact) mass is 291 g/mol. The van der Waals surface area contributed by atoms with Gasteiger partial charge in [-0.15, -0.1) is 0 Å². The molecule has 3 rings (SSSR count). The van der Waals surface area contributed by atoms with Gasteiger partial charge in [-0.2, -0.15) is 0 Å². The van der Waals surface area contributed by atoms with E-state index in [1.165, 1.54) is 0 Å². The second kappa shape index (κ2) is 4.35. The van der Waals surface area contributed by atoms with Gasteiger partial charge in [-0.05, 0) is 31.2 Å². The molecule has 20 heavy (non-hydrogen) atoms. The van der Waals surface area contributed by atoms with Gasteiger partial charge in [-0.1, -0.05) is 20.8 Å². The normalized spacial score (nSPS) is 43.8. The quantitative estimate of drug-likeness (QED) is 0.790. The van der Waals surface area contributed by atoms with Gasteiger partial charge in [0.2, 0.25) is 0 Å². The summed E-state index contributed by atoms with van der Waals surface area (Å²) < 4.78 is 45.4. The maximum Gasteiger partial charge on any atom is 0.276 e. The van der Waals surface area contributed by atoms with E-state index in [0.717, 1.165) is 19.4 Å². The molecule has 2 heterocycles. The summed E-state index contributed by atoms with van der Waals surface area (Å²) in [6.45, 7) is 7.40. The van der Waals surface area contributed by atoms with Crippen molar-refractivity contribution < 1.29 is 17.9 Å². The lowest BCUT2D eigenvalue weighted by atomic mass is 9.71. The lowest BCUT2D eigenvalue weighted by Crippen LogP contribution is -2.52. The predicted octanol–water partition coefficient (Wildman–Crippen LogP) is 3.40. The van der Waals surface area contributed by atoms with Crippen LogP contribution in [-0.4, -0.2) is 47.8 Å². The molecule has 2 saturated heterocycles. The second-order valence-corrected chi connectivity index (χ2v) is 7.65. The Hall–Kier alpha value is -0.290. The largest absolute Gasteiger partial charge is 0.370 e. The molecule has 0 aromatic carbocycles. The minimum atomic E-state index is -2.68. The van der Waals surface area contributed by atoms with E-state index in [1.54, 1.807) is 0 Å². The third-order valence-electron chi connectivity index (χ3n) is 5.52. The zero-order chi connectivity index (χ0) is 14.8. The Balaban J connectivity index is 1.70. The van der Waals surface area contributed by atoms with Crippen molar-refractivity contribution in [3.63, 3.8) is 0 Å². The van der Waals surface area contributed by atoms with Crippen LogP contribution in [0.1, 0.15) is 46.5 Å². The second-order valence-electron chi connectivity index (χ2n) is 7.65. The van der Waals surface area contributed by atoms with Crippen LogP contribution in [0.25, 0.3) is 0 Å². The Bertz CT molecular complexity index is 395. The number of alkyl halides is 3. The van der Waals surface area contributed by atoms with Crippen molar-refractivity contribution in [1.82, 2.24) is 4.90 Å². The number of ether oxygens (including phenoxy) is 1. The summed E-state index contributed by atoms with van der Waals surface area (Å²) >= 11 is 0. The molecule has 0 radical (unpaired) electrons. The highest BCUT2D eigenvalue weighted by atomic mass is 19.3. The van der Waals surface area contributed by atoms with Crippen LogP contribution in [0.2, 0.25) is 0 Å². The average Bonchev–Trinajstić information content (AvgIpc) is 2.68. The third kappa shape index (κ3) is 2.08. The maximum absolute atomic E-state index is 14.4. The minimum absolute atomic E-state index is 0.00783. The van der Waals surface area contributed by atoms with Crippen LogP contribution < -0.4 is 0 Å². The SMILES string of the molecule is CC(C)(C)C12CCCN1C(COC1CC1(F)F)C(F)C2. The topological polar surface area (TPSA) is 12.5 Å². The fourth-order valence-electron chi connectivity index (χ4n) is 4.15. The number of fused-ring (bicyclic) bond motifs is 1. The van der Waals surface area contributed by atoms with Crippen LogP contribution in [0.5, 0.6) is 0 Å². The molecular formula is C15H24F3NO. The minimum Gasteiger partial charge on any atom is -0.370 e. The molecule has 0 spiro atoms. The van der Waals surface area contributed by atoms with Crippen LogP contribution in [0.4, 0.5) is 13.2 Å². The number of hydrogen-bond acceptors (Lipinski definition) is 2. The van der Waals surface area contributed by atoms with Gasteiger partial charge in [-0.25, -0.2) is 13.2 Å². The van der Waals surface area contributed by atoms with Gasteiger partial charge in [0, 0.05) is 12.0 Å². The third-order valence-corrected chi connectivity index (χ3v) is 5.52. The van der Waals surface area contributed by atoms with Gasteiger partial charge in [0.05, 0.1) is 12.6 Å². The van der Waals surface area contributed by atoms with Crippen molar-refractivity contribution in [2.24, 2.45) is 5.41 Å². The van der Waals surface area contributed by atoms with Gasteiger partial charge >= 0.3 is 0 Å². The molecule has 2 nitrogen and oxygen atoms in total. The molecule has 3 aliphatic rings. The smallest absolute Gasteiger partial charge is 0.276 e. The number of hydrogen-bond donors (Lipinski definition) is 0. The van der Waals surface area contributed by atoms with Crippen molar-refractivity contribution in [1.29, 1.82) is 0 Å². The van der Waals surface area contributed by atoms with Crippen LogP contribution >= 0.6 is 0 Å². The first-order valence-corrected chi connectivity index (χ1v) is 7.58. The van der Waals surface area contributed by atoms with Crippen molar-refractivity contribution in [2.75, 3.05) is 13.2 Å². The summed E-state index contributed by atoms with van der Waals surface area (Å²) in [5.74, 6) is -2.68. The molecule has 0 aromatic heterocycles. The van der Waals surface area contributed by atoms with E-state index in [-0.39, 0.29) is 30.0 Å². The summed E-state index contributed by atoms with van der Waals surface area (Å²) in [5.41, 5.74) is -0.140. The molecule has 0 bridgehead atoms. The van der Waals surface area contributed by atoms with Crippen molar-refractivity contribution in [2.45, 2.75) is 76.2 Å². The van der Waals surface area contributed by atoms with Crippen LogP contribution in [-0.2, 0) is 4.74 Å². The first kappa shape index (κ1) is 14.6. The lowest BCUT2D eigenvalue weighted by Gasteiger charge is -2.45. The van der Waals surface area contributed by atoms with Crippen LogP contribution in [0.15, 0.2) is 0 Å².